The summed E-state index contributed by atoms with van der Waals surface area (Å²) in [7, 11) is -3.52. The van der Waals surface area contributed by atoms with Crippen molar-refractivity contribution in [2.45, 2.75) is 18.4 Å². The summed E-state index contributed by atoms with van der Waals surface area (Å²) in [6.07, 6.45) is 0. The van der Waals surface area contributed by atoms with Gasteiger partial charge in [-0.05, 0) is 30.7 Å². The van der Waals surface area contributed by atoms with E-state index in [0.717, 1.165) is 29.9 Å². The fourth-order valence-electron chi connectivity index (χ4n) is 2.75. The summed E-state index contributed by atoms with van der Waals surface area (Å²) in [5.41, 5.74) is 3.06. The first-order valence-corrected chi connectivity index (χ1v) is 9.51. The highest BCUT2D eigenvalue weighted by Gasteiger charge is 2.17. The van der Waals surface area contributed by atoms with Gasteiger partial charge in [-0.2, -0.15) is 0 Å². The lowest BCUT2D eigenvalue weighted by Gasteiger charge is -2.30. The second-order valence-corrected chi connectivity index (χ2v) is 7.63. The molecule has 6 heteroatoms. The molecule has 1 fully saturated rings. The number of nitrogens with zero attached hydrogens (tertiary/aromatic N) is 1. The third-order valence-corrected chi connectivity index (χ3v) is 5.54. The molecular weight excluding hydrogens is 324 g/mol. The van der Waals surface area contributed by atoms with Gasteiger partial charge in [0.25, 0.3) is 0 Å². The van der Waals surface area contributed by atoms with Gasteiger partial charge in [-0.15, -0.1) is 0 Å². The van der Waals surface area contributed by atoms with E-state index in [1.54, 1.807) is 24.3 Å². The van der Waals surface area contributed by atoms with Crippen molar-refractivity contribution in [1.82, 2.24) is 4.72 Å². The zero-order valence-corrected chi connectivity index (χ0v) is 14.6. The number of anilines is 1. The molecule has 128 valence electrons. The number of hydrogen-bond donors (Lipinski definition) is 1. The number of para-hydroxylation sites is 1. The molecule has 1 aliphatic rings. The summed E-state index contributed by atoms with van der Waals surface area (Å²) in [6, 6.07) is 14.8. The molecule has 0 amide bonds. The van der Waals surface area contributed by atoms with E-state index in [0.29, 0.717) is 13.2 Å². The Labute approximate surface area is 143 Å². The van der Waals surface area contributed by atoms with Crippen molar-refractivity contribution in [2.24, 2.45) is 0 Å². The standard InChI is InChI=1S/C18H22N2O3S/c1-15-6-8-17(9-7-15)24(21,22)19-14-16-4-2-3-5-18(16)20-10-12-23-13-11-20/h2-9,19H,10-14H2,1H3. The highest BCUT2D eigenvalue weighted by molar-refractivity contribution is 7.89. The van der Waals surface area contributed by atoms with Crippen molar-refractivity contribution in [3.8, 4) is 0 Å². The van der Waals surface area contributed by atoms with E-state index in [4.69, 9.17) is 4.74 Å². The fraction of sp³-hybridized carbons (Fsp3) is 0.333. The summed E-state index contributed by atoms with van der Waals surface area (Å²) in [5, 5.41) is 0. The molecule has 0 saturated carbocycles. The van der Waals surface area contributed by atoms with Crippen LogP contribution in [0.5, 0.6) is 0 Å². The molecule has 0 radical (unpaired) electrons. The number of rotatable bonds is 5. The van der Waals surface area contributed by atoms with Crippen molar-refractivity contribution >= 4 is 15.7 Å². The first kappa shape index (κ1) is 17.0. The average molecular weight is 346 g/mol. The summed E-state index contributed by atoms with van der Waals surface area (Å²) < 4.78 is 33.0. The smallest absolute Gasteiger partial charge is 0.240 e. The largest absolute Gasteiger partial charge is 0.378 e. The van der Waals surface area contributed by atoms with Gasteiger partial charge in [-0.25, -0.2) is 13.1 Å². The number of nitrogens with one attached hydrogen (secondary N) is 1. The molecule has 1 saturated heterocycles. The maximum absolute atomic E-state index is 12.5. The number of hydrogen-bond acceptors (Lipinski definition) is 4. The van der Waals surface area contributed by atoms with Crippen molar-refractivity contribution in [2.75, 3.05) is 31.2 Å². The van der Waals surface area contributed by atoms with Gasteiger partial charge >= 0.3 is 0 Å². The van der Waals surface area contributed by atoms with Crippen molar-refractivity contribution in [3.63, 3.8) is 0 Å². The molecular formula is C18H22N2O3S. The first-order chi connectivity index (χ1) is 11.6. The lowest BCUT2D eigenvalue weighted by atomic mass is 10.1. The minimum atomic E-state index is -3.52. The van der Waals surface area contributed by atoms with Crippen LogP contribution in [0.3, 0.4) is 0 Å². The van der Waals surface area contributed by atoms with Gasteiger partial charge in [-0.1, -0.05) is 35.9 Å². The van der Waals surface area contributed by atoms with E-state index in [2.05, 4.69) is 9.62 Å². The van der Waals surface area contributed by atoms with Gasteiger partial charge in [0.15, 0.2) is 0 Å². The van der Waals surface area contributed by atoms with E-state index >= 15 is 0 Å². The topological polar surface area (TPSA) is 58.6 Å². The minimum absolute atomic E-state index is 0.268. The van der Waals surface area contributed by atoms with Crippen LogP contribution in [0.15, 0.2) is 53.4 Å². The number of sulfonamides is 1. The van der Waals surface area contributed by atoms with Crippen LogP contribution in [-0.2, 0) is 21.3 Å². The SMILES string of the molecule is Cc1ccc(S(=O)(=O)NCc2ccccc2N2CCOCC2)cc1. The molecule has 24 heavy (non-hydrogen) atoms. The van der Waals surface area contributed by atoms with Crippen LogP contribution < -0.4 is 9.62 Å². The van der Waals surface area contributed by atoms with E-state index in [9.17, 15) is 8.42 Å². The lowest BCUT2D eigenvalue weighted by Crippen LogP contribution is -2.37. The van der Waals surface area contributed by atoms with Crippen molar-refractivity contribution in [1.29, 1.82) is 0 Å². The Hall–Kier alpha value is -1.89. The van der Waals surface area contributed by atoms with Gasteiger partial charge in [0.2, 0.25) is 10.0 Å². The fourth-order valence-corrected chi connectivity index (χ4v) is 3.75. The molecule has 2 aromatic rings. The third kappa shape index (κ3) is 3.95. The highest BCUT2D eigenvalue weighted by Crippen LogP contribution is 2.22. The van der Waals surface area contributed by atoms with Gasteiger partial charge in [0.1, 0.15) is 0 Å². The highest BCUT2D eigenvalue weighted by atomic mass is 32.2. The predicted octanol–water partition coefficient (Wildman–Crippen LogP) is 2.31. The molecule has 0 atom stereocenters. The Kier molecular flexibility index (Phi) is 5.18. The van der Waals surface area contributed by atoms with Crippen LogP contribution >= 0.6 is 0 Å². The molecule has 2 aromatic carbocycles. The van der Waals surface area contributed by atoms with Gasteiger partial charge in [-0.3, -0.25) is 0 Å². The van der Waals surface area contributed by atoms with E-state index in [-0.39, 0.29) is 11.4 Å². The van der Waals surface area contributed by atoms with Crippen LogP contribution in [0.4, 0.5) is 5.69 Å². The molecule has 3 rings (SSSR count). The van der Waals surface area contributed by atoms with E-state index in [1.807, 2.05) is 31.2 Å². The lowest BCUT2D eigenvalue weighted by molar-refractivity contribution is 0.122. The van der Waals surface area contributed by atoms with Crippen LogP contribution in [-0.4, -0.2) is 34.7 Å². The normalized spacial score (nSPS) is 15.5. The average Bonchev–Trinajstić information content (AvgIpc) is 2.61. The Morgan fingerprint density at radius 2 is 1.71 bits per heavy atom. The Morgan fingerprint density at radius 1 is 1.04 bits per heavy atom. The molecule has 0 aromatic heterocycles. The van der Waals surface area contributed by atoms with Gasteiger partial charge < -0.3 is 9.64 Å². The summed E-state index contributed by atoms with van der Waals surface area (Å²) in [6.45, 7) is 5.24. The van der Waals surface area contributed by atoms with E-state index in [1.165, 1.54) is 0 Å². The van der Waals surface area contributed by atoms with Crippen LogP contribution in [0.25, 0.3) is 0 Å². The van der Waals surface area contributed by atoms with Crippen LogP contribution in [0.1, 0.15) is 11.1 Å². The van der Waals surface area contributed by atoms with Gasteiger partial charge in [0, 0.05) is 25.3 Å². The number of benzene rings is 2. The molecule has 1 heterocycles. The second-order valence-electron chi connectivity index (χ2n) is 5.87. The molecule has 5 nitrogen and oxygen atoms in total. The van der Waals surface area contributed by atoms with Crippen molar-refractivity contribution < 1.29 is 13.2 Å². The summed E-state index contributed by atoms with van der Waals surface area (Å²) >= 11 is 0. The quantitative estimate of drug-likeness (QED) is 0.903. The molecule has 0 aliphatic carbocycles. The Balaban J connectivity index is 1.75. The minimum Gasteiger partial charge on any atom is -0.378 e. The predicted molar refractivity (Wildman–Crippen MR) is 94.7 cm³/mol. The summed E-state index contributed by atoms with van der Waals surface area (Å²) in [4.78, 5) is 2.52. The Bertz CT molecular complexity index is 782. The zero-order valence-electron chi connectivity index (χ0n) is 13.7. The Morgan fingerprint density at radius 3 is 2.42 bits per heavy atom. The maximum Gasteiger partial charge on any atom is 0.240 e. The first-order valence-electron chi connectivity index (χ1n) is 8.03. The zero-order chi connectivity index (χ0) is 17.0. The molecule has 0 bridgehead atoms. The van der Waals surface area contributed by atoms with Crippen molar-refractivity contribution in [3.05, 3.63) is 59.7 Å². The van der Waals surface area contributed by atoms with Crippen LogP contribution in [0, 0.1) is 6.92 Å². The number of morpholine rings is 1. The molecule has 1 aliphatic heterocycles. The molecule has 0 spiro atoms. The maximum atomic E-state index is 12.5. The number of aryl methyl sites for hydroxylation is 1. The molecule has 1 N–H and O–H groups in total. The van der Waals surface area contributed by atoms with Crippen LogP contribution in [0.2, 0.25) is 0 Å². The molecule has 0 unspecified atom stereocenters. The monoisotopic (exact) mass is 346 g/mol. The third-order valence-electron chi connectivity index (χ3n) is 4.13. The second kappa shape index (κ2) is 7.34. The van der Waals surface area contributed by atoms with E-state index < -0.39 is 10.0 Å². The summed E-state index contributed by atoms with van der Waals surface area (Å²) in [5.74, 6) is 0. The number of ether oxygens (including phenoxy) is 1. The van der Waals surface area contributed by atoms with Gasteiger partial charge in [0.05, 0.1) is 18.1 Å².